The van der Waals surface area contributed by atoms with E-state index in [4.69, 9.17) is 15.2 Å². The van der Waals surface area contributed by atoms with Crippen molar-refractivity contribution in [3.63, 3.8) is 0 Å². The summed E-state index contributed by atoms with van der Waals surface area (Å²) in [4.78, 5) is 71.6. The molecule has 0 saturated carbocycles. The van der Waals surface area contributed by atoms with Crippen molar-refractivity contribution in [2.24, 2.45) is 23.7 Å². The van der Waals surface area contributed by atoms with Crippen LogP contribution in [0.5, 0.6) is 0 Å². The van der Waals surface area contributed by atoms with Crippen LogP contribution in [0.15, 0.2) is 54.6 Å². The Labute approximate surface area is 357 Å². The summed E-state index contributed by atoms with van der Waals surface area (Å²) >= 11 is 0. The summed E-state index contributed by atoms with van der Waals surface area (Å²) < 4.78 is 11.9. The highest BCUT2D eigenvalue weighted by Crippen LogP contribution is 2.30. The van der Waals surface area contributed by atoms with Gasteiger partial charge in [0.15, 0.2) is 0 Å². The van der Waals surface area contributed by atoms with Crippen LogP contribution in [0.4, 0.5) is 5.69 Å². The molecule has 0 aliphatic carbocycles. The highest BCUT2D eigenvalue weighted by molar-refractivity contribution is 5.90. The monoisotopic (exact) mass is 837 g/mol. The predicted molar refractivity (Wildman–Crippen MR) is 234 cm³/mol. The third kappa shape index (κ3) is 13.8. The molecule has 0 radical (unpaired) electrons. The molecule has 1 saturated heterocycles. The number of nitrogens with one attached hydrogen (secondary N) is 3. The van der Waals surface area contributed by atoms with Crippen molar-refractivity contribution in [2.75, 3.05) is 40.1 Å². The summed E-state index contributed by atoms with van der Waals surface area (Å²) in [6, 6.07) is 13.3. The third-order valence-corrected chi connectivity index (χ3v) is 12.1. The van der Waals surface area contributed by atoms with Gasteiger partial charge in [0.1, 0.15) is 12.1 Å². The highest BCUT2D eigenvalue weighted by Gasteiger charge is 2.43. The maximum Gasteiger partial charge on any atom is 0.326 e. The number of hydrogen-bond donors (Lipinski definition) is 5. The Morgan fingerprint density at radius 1 is 0.867 bits per heavy atom. The molecule has 9 atom stereocenters. The van der Waals surface area contributed by atoms with Gasteiger partial charge in [-0.1, -0.05) is 97.4 Å². The lowest BCUT2D eigenvalue weighted by Gasteiger charge is -2.41. The molecular weight excluding hydrogens is 765 g/mol. The van der Waals surface area contributed by atoms with Gasteiger partial charge in [0.25, 0.3) is 0 Å². The van der Waals surface area contributed by atoms with Crippen molar-refractivity contribution in [1.29, 1.82) is 0 Å². The first-order valence-electron chi connectivity index (χ1n) is 21.5. The number of ether oxygens (including phenoxy) is 2. The van der Waals surface area contributed by atoms with Gasteiger partial charge >= 0.3 is 5.97 Å². The van der Waals surface area contributed by atoms with Crippen LogP contribution in [0.1, 0.15) is 85.3 Å². The van der Waals surface area contributed by atoms with Gasteiger partial charge in [-0.15, -0.1) is 0 Å². The molecule has 6 N–H and O–H groups in total. The fraction of sp³-hybridized carbons (Fsp3) is 0.630. The summed E-state index contributed by atoms with van der Waals surface area (Å²) in [6.45, 7) is 14.5. The fourth-order valence-electron chi connectivity index (χ4n) is 8.32. The lowest BCUT2D eigenvalue weighted by Crippen LogP contribution is -2.60. The van der Waals surface area contributed by atoms with E-state index in [0.717, 1.165) is 11.1 Å². The number of carbonyl (C=O) groups is 5. The molecule has 334 valence electrons. The van der Waals surface area contributed by atoms with E-state index in [1.54, 1.807) is 23.8 Å². The quantitative estimate of drug-likeness (QED) is 0.0954. The minimum absolute atomic E-state index is 0.0269. The van der Waals surface area contributed by atoms with Gasteiger partial charge in [-0.2, -0.15) is 0 Å². The first-order valence-corrected chi connectivity index (χ1v) is 21.5. The van der Waals surface area contributed by atoms with Crippen molar-refractivity contribution >= 4 is 35.3 Å². The molecule has 14 nitrogen and oxygen atoms in total. The van der Waals surface area contributed by atoms with E-state index in [-0.39, 0.29) is 48.3 Å². The van der Waals surface area contributed by atoms with E-state index in [0.29, 0.717) is 44.5 Å². The van der Waals surface area contributed by atoms with Gasteiger partial charge in [0.05, 0.1) is 42.7 Å². The van der Waals surface area contributed by atoms with E-state index in [1.807, 2.05) is 96.1 Å². The van der Waals surface area contributed by atoms with Gasteiger partial charge in [0, 0.05) is 39.9 Å². The Hall–Kier alpha value is -4.53. The van der Waals surface area contributed by atoms with E-state index in [9.17, 15) is 29.1 Å². The Bertz CT molecular complexity index is 1670. The number of methoxy groups -OCH3 is 2. The average molecular weight is 837 g/mol. The first kappa shape index (κ1) is 49.8. The van der Waals surface area contributed by atoms with Gasteiger partial charge in [0.2, 0.25) is 23.6 Å². The number of nitrogens with two attached hydrogens (primary N) is 1. The minimum Gasteiger partial charge on any atom is -0.480 e. The second kappa shape index (κ2) is 24.0. The van der Waals surface area contributed by atoms with Crippen LogP contribution in [0, 0.1) is 23.7 Å². The Morgan fingerprint density at radius 2 is 1.50 bits per heavy atom. The topological polar surface area (TPSA) is 193 Å². The van der Waals surface area contributed by atoms with Crippen molar-refractivity contribution < 1.29 is 38.6 Å². The molecule has 2 aromatic carbocycles. The van der Waals surface area contributed by atoms with Crippen molar-refractivity contribution in [3.8, 4) is 0 Å². The zero-order valence-electron chi connectivity index (χ0n) is 37.5. The molecule has 8 unspecified atom stereocenters. The molecule has 0 bridgehead atoms. The van der Waals surface area contributed by atoms with Gasteiger partial charge in [-0.05, 0) is 66.8 Å². The molecule has 1 aliphatic heterocycles. The van der Waals surface area contributed by atoms with Crippen molar-refractivity contribution in [3.05, 3.63) is 65.7 Å². The van der Waals surface area contributed by atoms with Crippen LogP contribution in [0.2, 0.25) is 0 Å². The number of likely N-dealkylation sites (N-methyl/N-ethyl adjacent to an activating group) is 1. The van der Waals surface area contributed by atoms with Crippen LogP contribution < -0.4 is 21.7 Å². The summed E-state index contributed by atoms with van der Waals surface area (Å²) in [6.07, 6.45) is 1.43. The molecule has 4 amide bonds. The lowest BCUT2D eigenvalue weighted by atomic mass is 9.89. The lowest BCUT2D eigenvalue weighted by molar-refractivity contribution is -0.148. The van der Waals surface area contributed by atoms with Crippen molar-refractivity contribution in [2.45, 2.75) is 129 Å². The number of carboxylic acids is 1. The number of amides is 4. The Morgan fingerprint density at radius 3 is 2.05 bits per heavy atom. The standard InChI is InChI=1S/C46H72N6O8/c1-11-30(6)41(51(8)45(56)40(29(4)5)50-44(55)39(28(2)3)48-24-23-32-19-21-34(47)22-20-32)37(59-9)27-38(53)52-25-15-18-36(52)42(60-10)31(7)43(54)49-35(46(57)58)26-33-16-13-12-14-17-33/h12-14,16-17,19-22,28-31,35-37,39-42,48H,11,15,18,23-27,47H2,1-10H3,(H,49,54)(H,50,55)(H,57,58)/t30?,31?,35?,36-,37?,39?,40?,41?,42?/m0/s1. The zero-order chi connectivity index (χ0) is 44.7. The Balaban J connectivity index is 1.74. The molecule has 60 heavy (non-hydrogen) atoms. The number of rotatable bonds is 24. The number of likely N-dealkylation sites (tertiary alicyclic amines) is 1. The Kier molecular flexibility index (Phi) is 20.0. The minimum atomic E-state index is -1.14. The number of nitrogens with zero attached hydrogens (tertiary/aromatic N) is 2. The normalized spacial score (nSPS) is 18.2. The van der Waals surface area contributed by atoms with Gasteiger partial charge in [-0.25, -0.2) is 4.79 Å². The predicted octanol–water partition coefficient (Wildman–Crippen LogP) is 4.30. The molecule has 14 heteroatoms. The molecule has 1 heterocycles. The number of aliphatic carboxylic acids is 1. The van der Waals surface area contributed by atoms with E-state index >= 15 is 0 Å². The molecule has 0 aromatic heterocycles. The van der Waals surface area contributed by atoms with Crippen LogP contribution in [-0.2, 0) is 46.3 Å². The second-order valence-corrected chi connectivity index (χ2v) is 17.1. The maximum atomic E-state index is 14.4. The molecule has 3 rings (SSSR count). The number of benzene rings is 2. The summed E-state index contributed by atoms with van der Waals surface area (Å²) in [5.41, 5.74) is 8.40. The summed E-state index contributed by atoms with van der Waals surface area (Å²) in [5, 5.41) is 19.0. The largest absolute Gasteiger partial charge is 0.480 e. The molecule has 1 fully saturated rings. The van der Waals surface area contributed by atoms with Crippen molar-refractivity contribution in [1.82, 2.24) is 25.8 Å². The first-order chi connectivity index (χ1) is 28.4. The van der Waals surface area contributed by atoms with Gasteiger partial charge in [-0.3, -0.25) is 19.2 Å². The fourth-order valence-corrected chi connectivity index (χ4v) is 8.32. The van der Waals surface area contributed by atoms with Crippen LogP contribution in [0.3, 0.4) is 0 Å². The van der Waals surface area contributed by atoms with Crippen LogP contribution in [-0.4, -0.2) is 121 Å². The number of anilines is 1. The second-order valence-electron chi connectivity index (χ2n) is 17.1. The van der Waals surface area contributed by atoms with Crippen LogP contribution in [0.25, 0.3) is 0 Å². The maximum absolute atomic E-state index is 14.4. The smallest absolute Gasteiger partial charge is 0.326 e. The number of carboxylic acid groups (broad SMARTS) is 1. The van der Waals surface area contributed by atoms with Gasteiger partial charge < -0.3 is 46.1 Å². The number of nitrogen functional groups attached to an aromatic ring is 1. The number of carbonyl (C=O) groups excluding carboxylic acids is 4. The number of hydrogen-bond acceptors (Lipinski definition) is 9. The van der Waals surface area contributed by atoms with Crippen LogP contribution >= 0.6 is 0 Å². The average Bonchev–Trinajstić information content (AvgIpc) is 3.71. The molecule has 0 spiro atoms. The molecule has 1 aliphatic rings. The molecular formula is C46H72N6O8. The summed E-state index contributed by atoms with van der Waals surface area (Å²) in [5.74, 6) is -3.45. The summed E-state index contributed by atoms with van der Waals surface area (Å²) in [7, 11) is 4.75. The SMILES string of the molecule is CCC(C)C(C(CC(=O)N1CCC[C@H]1C(OC)C(C)C(=O)NC(Cc1ccccc1)C(=O)O)OC)N(C)C(=O)C(NC(=O)C(NCCc1ccc(N)cc1)C(C)C)C(C)C. The van der Waals surface area contributed by atoms with E-state index < -0.39 is 60.2 Å². The molecule has 2 aromatic rings. The van der Waals surface area contributed by atoms with E-state index in [2.05, 4.69) is 16.0 Å². The van der Waals surface area contributed by atoms with E-state index in [1.165, 1.54) is 14.2 Å². The highest BCUT2D eigenvalue weighted by atomic mass is 16.5. The third-order valence-electron chi connectivity index (χ3n) is 12.1. The zero-order valence-corrected chi connectivity index (χ0v) is 37.5.